The smallest absolute Gasteiger partial charge is 0.506 e. The van der Waals surface area contributed by atoms with Crippen molar-refractivity contribution >= 4 is 30.9 Å². The van der Waals surface area contributed by atoms with Crippen molar-refractivity contribution in [1.82, 2.24) is 20.6 Å². The van der Waals surface area contributed by atoms with Crippen LogP contribution in [0.1, 0.15) is 36.3 Å². The molecule has 13 heteroatoms. The molecule has 1 aliphatic heterocycles. The molecule has 3 rings (SSSR count). The van der Waals surface area contributed by atoms with E-state index in [1.807, 2.05) is 19.9 Å². The van der Waals surface area contributed by atoms with Crippen LogP contribution >= 0.6 is 0 Å². The van der Waals surface area contributed by atoms with E-state index in [0.29, 0.717) is 6.42 Å². The third-order valence-electron chi connectivity index (χ3n) is 5.37. The third-order valence-corrected chi connectivity index (χ3v) is 5.37. The van der Waals surface area contributed by atoms with Gasteiger partial charge in [0, 0.05) is 18.8 Å². The number of hydrogen-bond acceptors (Lipinski definition) is 9. The molecule has 1 saturated heterocycles. The van der Waals surface area contributed by atoms with Crippen LogP contribution < -0.4 is 10.6 Å². The first-order valence-electron chi connectivity index (χ1n) is 11.3. The van der Waals surface area contributed by atoms with Gasteiger partial charge < -0.3 is 30.2 Å². The standard InChI is InChI=1S/C23H27BN4O8/c1-13(2)10-17(24-35-19(23(34)36-24)18(29)22(32)33)28-20(30)15(11-14-6-4-3-5-7-14)27-21(31)16-12-25-8-9-26-16/h3-9,12-13,15,17-19,29H,10-11H2,1-2H3,(H,27,31)(H,28,30)(H,32,33)/t15-,17+,18-,19?/m1/s1. The summed E-state index contributed by atoms with van der Waals surface area (Å²) in [6.07, 6.45) is 0.653. The molecule has 2 amide bonds. The maximum atomic E-state index is 13.4. The molecule has 0 saturated carbocycles. The van der Waals surface area contributed by atoms with Gasteiger partial charge in [-0.15, -0.1) is 0 Å². The number of benzene rings is 1. The molecule has 1 aromatic heterocycles. The number of aliphatic carboxylic acids is 1. The fourth-order valence-corrected chi connectivity index (χ4v) is 3.66. The van der Waals surface area contributed by atoms with E-state index in [-0.39, 0.29) is 18.0 Å². The molecule has 2 aromatic rings. The molecule has 2 heterocycles. The average molecular weight is 498 g/mol. The Morgan fingerprint density at radius 1 is 1.14 bits per heavy atom. The Kier molecular flexibility index (Phi) is 9.09. The van der Waals surface area contributed by atoms with E-state index in [2.05, 4.69) is 20.6 Å². The first kappa shape index (κ1) is 26.8. The lowest BCUT2D eigenvalue weighted by atomic mass is 9.74. The summed E-state index contributed by atoms with van der Waals surface area (Å²) in [5, 5.41) is 24.2. The molecule has 1 fully saturated rings. The SMILES string of the molecule is CC(C)C[C@H](NC(=O)[C@@H](Cc1ccccc1)NC(=O)c1cnccn1)B1OC(=O)C([C@@H](O)C(=O)O)O1. The van der Waals surface area contributed by atoms with Gasteiger partial charge in [-0.25, -0.2) is 9.78 Å². The molecule has 0 spiro atoms. The Morgan fingerprint density at radius 2 is 1.86 bits per heavy atom. The predicted octanol–water partition coefficient (Wildman–Crippen LogP) is -0.236. The van der Waals surface area contributed by atoms with Crippen molar-refractivity contribution in [3.63, 3.8) is 0 Å². The Hall–Kier alpha value is -3.84. The molecular weight excluding hydrogens is 471 g/mol. The summed E-state index contributed by atoms with van der Waals surface area (Å²) >= 11 is 0. The van der Waals surface area contributed by atoms with Gasteiger partial charge in [-0.3, -0.25) is 19.4 Å². The van der Waals surface area contributed by atoms with Gasteiger partial charge in [0.1, 0.15) is 11.7 Å². The number of carboxylic acid groups (broad SMARTS) is 1. The van der Waals surface area contributed by atoms with E-state index in [0.717, 1.165) is 5.56 Å². The number of nitrogens with zero attached hydrogens (tertiary/aromatic N) is 2. The highest BCUT2D eigenvalue weighted by Crippen LogP contribution is 2.20. The summed E-state index contributed by atoms with van der Waals surface area (Å²) in [7, 11) is -1.32. The molecule has 0 bridgehead atoms. The molecule has 12 nitrogen and oxygen atoms in total. The topological polar surface area (TPSA) is 177 Å². The summed E-state index contributed by atoms with van der Waals surface area (Å²) in [6, 6.07) is 8.00. The Morgan fingerprint density at radius 3 is 2.47 bits per heavy atom. The highest BCUT2D eigenvalue weighted by molar-refractivity contribution is 6.51. The number of aromatic nitrogens is 2. The maximum absolute atomic E-state index is 13.4. The van der Waals surface area contributed by atoms with Crippen molar-refractivity contribution in [2.75, 3.05) is 0 Å². The summed E-state index contributed by atoms with van der Waals surface area (Å²) in [4.78, 5) is 57.1. The molecule has 1 aliphatic rings. The molecule has 1 aromatic carbocycles. The van der Waals surface area contributed by atoms with Gasteiger partial charge in [0.05, 0.1) is 12.1 Å². The van der Waals surface area contributed by atoms with E-state index in [4.69, 9.17) is 14.4 Å². The second-order valence-corrected chi connectivity index (χ2v) is 8.70. The molecule has 190 valence electrons. The maximum Gasteiger partial charge on any atom is 0.552 e. The van der Waals surface area contributed by atoms with Gasteiger partial charge in [0.25, 0.3) is 5.91 Å². The van der Waals surface area contributed by atoms with E-state index >= 15 is 0 Å². The van der Waals surface area contributed by atoms with Gasteiger partial charge in [-0.2, -0.15) is 0 Å². The normalized spacial score (nSPS) is 17.7. The Labute approximate surface area is 207 Å². The zero-order valence-electron chi connectivity index (χ0n) is 19.7. The lowest BCUT2D eigenvalue weighted by Gasteiger charge is -2.25. The van der Waals surface area contributed by atoms with Gasteiger partial charge >= 0.3 is 19.1 Å². The van der Waals surface area contributed by atoms with Crippen LogP contribution in [0.5, 0.6) is 0 Å². The molecule has 4 N–H and O–H groups in total. The molecule has 0 aliphatic carbocycles. The van der Waals surface area contributed by atoms with Crippen molar-refractivity contribution in [3.8, 4) is 0 Å². The minimum absolute atomic E-state index is 0.0165. The van der Waals surface area contributed by atoms with Crippen molar-refractivity contribution < 1.29 is 38.7 Å². The predicted molar refractivity (Wildman–Crippen MR) is 125 cm³/mol. The molecule has 4 atom stereocenters. The van der Waals surface area contributed by atoms with E-state index in [1.54, 1.807) is 24.3 Å². The average Bonchev–Trinajstić information content (AvgIpc) is 3.24. The van der Waals surface area contributed by atoms with E-state index in [1.165, 1.54) is 18.6 Å². The number of rotatable bonds is 11. The number of carboxylic acids is 1. The number of aliphatic hydroxyl groups is 1. The van der Waals surface area contributed by atoms with Crippen molar-refractivity contribution in [3.05, 3.63) is 60.2 Å². The fraction of sp³-hybridized carbons (Fsp3) is 0.391. The van der Waals surface area contributed by atoms with Crippen LogP contribution in [0.15, 0.2) is 48.9 Å². The number of carbonyl (C=O) groups excluding carboxylic acids is 3. The number of carbonyl (C=O) groups is 4. The second-order valence-electron chi connectivity index (χ2n) is 8.70. The lowest BCUT2D eigenvalue weighted by molar-refractivity contribution is -0.157. The van der Waals surface area contributed by atoms with Gasteiger partial charge in [-0.1, -0.05) is 44.2 Å². The van der Waals surface area contributed by atoms with Gasteiger partial charge in [-0.05, 0) is 17.9 Å². The summed E-state index contributed by atoms with van der Waals surface area (Å²) < 4.78 is 10.5. The van der Waals surface area contributed by atoms with Crippen molar-refractivity contribution in [2.45, 2.75) is 50.9 Å². The van der Waals surface area contributed by atoms with Crippen LogP contribution in [0.25, 0.3) is 0 Å². The fourth-order valence-electron chi connectivity index (χ4n) is 3.66. The van der Waals surface area contributed by atoms with Crippen LogP contribution in [-0.2, 0) is 30.1 Å². The highest BCUT2D eigenvalue weighted by Gasteiger charge is 2.50. The van der Waals surface area contributed by atoms with Crippen LogP contribution in [0.4, 0.5) is 0 Å². The summed E-state index contributed by atoms with van der Waals surface area (Å²) in [5.74, 6) is -4.73. The quantitative estimate of drug-likeness (QED) is 0.303. The number of nitrogens with one attached hydrogen (secondary N) is 2. The zero-order chi connectivity index (χ0) is 26.2. The summed E-state index contributed by atoms with van der Waals surface area (Å²) in [6.45, 7) is 3.74. The highest BCUT2D eigenvalue weighted by atomic mass is 16.7. The van der Waals surface area contributed by atoms with Crippen LogP contribution in [0.2, 0.25) is 0 Å². The van der Waals surface area contributed by atoms with Crippen LogP contribution in [0.3, 0.4) is 0 Å². The Balaban J connectivity index is 1.79. The van der Waals surface area contributed by atoms with Gasteiger partial charge in [0.2, 0.25) is 5.91 Å². The van der Waals surface area contributed by atoms with Gasteiger partial charge in [0.15, 0.2) is 12.2 Å². The molecule has 0 radical (unpaired) electrons. The molecular formula is C23H27BN4O8. The summed E-state index contributed by atoms with van der Waals surface area (Å²) in [5.41, 5.74) is 0.811. The minimum atomic E-state index is -2.12. The largest absolute Gasteiger partial charge is 0.552 e. The first-order chi connectivity index (χ1) is 17.2. The monoisotopic (exact) mass is 498 g/mol. The third kappa shape index (κ3) is 7.09. The minimum Gasteiger partial charge on any atom is -0.506 e. The second kappa shape index (κ2) is 12.2. The molecule has 1 unspecified atom stereocenters. The van der Waals surface area contributed by atoms with Crippen molar-refractivity contribution in [1.29, 1.82) is 0 Å². The first-order valence-corrected chi connectivity index (χ1v) is 11.3. The van der Waals surface area contributed by atoms with Crippen LogP contribution in [-0.4, -0.2) is 75.2 Å². The number of amides is 2. The Bertz CT molecular complexity index is 1070. The van der Waals surface area contributed by atoms with Crippen molar-refractivity contribution in [2.24, 2.45) is 5.92 Å². The number of hydrogen-bond donors (Lipinski definition) is 4. The van der Waals surface area contributed by atoms with E-state index < -0.39 is 55.1 Å². The molecule has 36 heavy (non-hydrogen) atoms. The number of aliphatic hydroxyl groups excluding tert-OH is 1. The van der Waals surface area contributed by atoms with E-state index in [9.17, 15) is 24.3 Å². The van der Waals surface area contributed by atoms with Crippen LogP contribution in [0, 0.1) is 5.92 Å². The lowest BCUT2D eigenvalue weighted by Crippen LogP contribution is -2.55. The zero-order valence-corrected chi connectivity index (χ0v) is 19.7.